The molecule has 1 saturated heterocycles. The summed E-state index contributed by atoms with van der Waals surface area (Å²) in [6.45, 7) is 0.600. The van der Waals surface area contributed by atoms with E-state index in [-0.39, 0.29) is 23.9 Å². The SMILES string of the molecule is CS(=O)(=O)N[C@H]1C[C@@H]2C[C@H]1CN2C(=O)c1cccc(Cl)c1. The Morgan fingerprint density at radius 3 is 2.71 bits per heavy atom. The summed E-state index contributed by atoms with van der Waals surface area (Å²) in [6.07, 6.45) is 2.72. The highest BCUT2D eigenvalue weighted by molar-refractivity contribution is 7.88. The van der Waals surface area contributed by atoms with Crippen molar-refractivity contribution in [1.82, 2.24) is 9.62 Å². The van der Waals surface area contributed by atoms with Crippen LogP contribution in [0.4, 0.5) is 0 Å². The Bertz CT molecular complexity index is 677. The molecule has 2 fully saturated rings. The Morgan fingerprint density at radius 2 is 2.14 bits per heavy atom. The molecule has 0 spiro atoms. The molecule has 3 atom stereocenters. The second-order valence-corrected chi connectivity index (χ2v) is 8.07. The smallest absolute Gasteiger partial charge is 0.254 e. The third-order valence-corrected chi connectivity index (χ3v) is 5.21. The van der Waals surface area contributed by atoms with E-state index in [2.05, 4.69) is 4.72 Å². The average Bonchev–Trinajstić information content (AvgIpc) is 2.95. The first-order chi connectivity index (χ1) is 9.83. The van der Waals surface area contributed by atoms with Gasteiger partial charge in [0.1, 0.15) is 0 Å². The minimum absolute atomic E-state index is 0.0252. The van der Waals surface area contributed by atoms with Crippen LogP contribution < -0.4 is 4.72 Å². The molecule has 114 valence electrons. The average molecular weight is 329 g/mol. The van der Waals surface area contributed by atoms with Crippen LogP contribution in [0.2, 0.25) is 5.02 Å². The van der Waals surface area contributed by atoms with E-state index in [0.29, 0.717) is 23.6 Å². The molecule has 1 N–H and O–H groups in total. The molecule has 1 heterocycles. The van der Waals surface area contributed by atoms with E-state index in [1.165, 1.54) is 6.26 Å². The molecule has 5 nitrogen and oxygen atoms in total. The number of hydrogen-bond acceptors (Lipinski definition) is 3. The number of rotatable bonds is 3. The highest BCUT2D eigenvalue weighted by Crippen LogP contribution is 2.38. The van der Waals surface area contributed by atoms with Crippen LogP contribution in [0.1, 0.15) is 23.2 Å². The van der Waals surface area contributed by atoms with Crippen molar-refractivity contribution in [2.24, 2.45) is 5.92 Å². The number of likely N-dealkylation sites (tertiary alicyclic amines) is 1. The second-order valence-electron chi connectivity index (χ2n) is 5.85. The van der Waals surface area contributed by atoms with E-state index in [1.54, 1.807) is 24.3 Å². The molecule has 1 amide bonds. The molecule has 1 saturated carbocycles. The predicted molar refractivity (Wildman–Crippen MR) is 80.8 cm³/mol. The summed E-state index contributed by atoms with van der Waals surface area (Å²) >= 11 is 5.92. The number of halogens is 1. The first-order valence-corrected chi connectivity index (χ1v) is 9.14. The second kappa shape index (κ2) is 5.26. The van der Waals surface area contributed by atoms with Gasteiger partial charge in [-0.15, -0.1) is 0 Å². The van der Waals surface area contributed by atoms with Crippen LogP contribution >= 0.6 is 11.6 Å². The summed E-state index contributed by atoms with van der Waals surface area (Å²) in [5, 5.41) is 0.543. The number of amides is 1. The fourth-order valence-electron chi connectivity index (χ4n) is 3.41. The molecule has 0 radical (unpaired) electrons. The van der Waals surface area contributed by atoms with Gasteiger partial charge in [-0.3, -0.25) is 4.79 Å². The summed E-state index contributed by atoms with van der Waals surface area (Å²) in [7, 11) is -3.20. The molecule has 3 rings (SSSR count). The molecule has 2 bridgehead atoms. The number of carbonyl (C=O) groups is 1. The minimum Gasteiger partial charge on any atom is -0.335 e. The summed E-state index contributed by atoms with van der Waals surface area (Å²) in [6, 6.07) is 6.99. The summed E-state index contributed by atoms with van der Waals surface area (Å²) < 4.78 is 25.3. The molecule has 7 heteroatoms. The van der Waals surface area contributed by atoms with Gasteiger partial charge >= 0.3 is 0 Å². The number of sulfonamides is 1. The zero-order valence-electron chi connectivity index (χ0n) is 11.6. The lowest BCUT2D eigenvalue weighted by Gasteiger charge is -2.31. The summed E-state index contributed by atoms with van der Waals surface area (Å²) in [4.78, 5) is 14.4. The lowest BCUT2D eigenvalue weighted by atomic mass is 10.0. The topological polar surface area (TPSA) is 66.5 Å². The van der Waals surface area contributed by atoms with Crippen molar-refractivity contribution in [3.8, 4) is 0 Å². The van der Waals surface area contributed by atoms with E-state index in [4.69, 9.17) is 11.6 Å². The highest BCUT2D eigenvalue weighted by Gasteiger charge is 2.47. The molecule has 1 aliphatic carbocycles. The number of piperidine rings is 1. The summed E-state index contributed by atoms with van der Waals surface area (Å²) in [5.74, 6) is 0.177. The van der Waals surface area contributed by atoms with Crippen molar-refractivity contribution in [2.75, 3.05) is 12.8 Å². The lowest BCUT2D eigenvalue weighted by Crippen LogP contribution is -2.47. The van der Waals surface area contributed by atoms with Gasteiger partial charge in [-0.2, -0.15) is 0 Å². The van der Waals surface area contributed by atoms with Crippen molar-refractivity contribution in [3.63, 3.8) is 0 Å². The zero-order chi connectivity index (χ0) is 15.2. The van der Waals surface area contributed by atoms with Gasteiger partial charge in [-0.25, -0.2) is 13.1 Å². The largest absolute Gasteiger partial charge is 0.335 e. The fraction of sp³-hybridized carbons (Fsp3) is 0.500. The fourth-order valence-corrected chi connectivity index (χ4v) is 4.44. The number of benzene rings is 1. The third-order valence-electron chi connectivity index (χ3n) is 4.24. The zero-order valence-corrected chi connectivity index (χ0v) is 13.2. The monoisotopic (exact) mass is 328 g/mol. The maximum absolute atomic E-state index is 12.5. The maximum atomic E-state index is 12.5. The van der Waals surface area contributed by atoms with Crippen LogP contribution in [0.25, 0.3) is 0 Å². The van der Waals surface area contributed by atoms with Crippen LogP contribution in [0.5, 0.6) is 0 Å². The Kier molecular flexibility index (Phi) is 3.71. The first-order valence-electron chi connectivity index (χ1n) is 6.87. The normalized spacial score (nSPS) is 28.1. The summed E-state index contributed by atoms with van der Waals surface area (Å²) in [5.41, 5.74) is 0.586. The number of carbonyl (C=O) groups excluding carboxylic acids is 1. The number of fused-ring (bicyclic) bond motifs is 2. The maximum Gasteiger partial charge on any atom is 0.254 e. The molecule has 0 aromatic heterocycles. The van der Waals surface area contributed by atoms with Gasteiger partial charge in [0.25, 0.3) is 5.91 Å². The standard InChI is InChI=1S/C14H17ClN2O3S/c1-21(19,20)16-13-7-12-6-10(13)8-17(12)14(18)9-3-2-4-11(15)5-9/h2-5,10,12-13,16H,6-8H2,1H3/t10-,12-,13-/m0/s1. The Balaban J connectivity index is 1.71. The van der Waals surface area contributed by atoms with Gasteiger partial charge in [-0.05, 0) is 37.0 Å². The quantitative estimate of drug-likeness (QED) is 0.914. The van der Waals surface area contributed by atoms with Crippen molar-refractivity contribution >= 4 is 27.5 Å². The molecular weight excluding hydrogens is 312 g/mol. The number of nitrogens with one attached hydrogen (secondary N) is 1. The van der Waals surface area contributed by atoms with Crippen molar-refractivity contribution in [2.45, 2.75) is 24.9 Å². The first kappa shape index (κ1) is 14.8. The third kappa shape index (κ3) is 3.07. The molecule has 1 aromatic carbocycles. The van der Waals surface area contributed by atoms with E-state index >= 15 is 0 Å². The van der Waals surface area contributed by atoms with E-state index in [0.717, 1.165) is 6.42 Å². The predicted octanol–water partition coefficient (Wildman–Crippen LogP) is 1.49. The van der Waals surface area contributed by atoms with E-state index in [1.807, 2.05) is 4.90 Å². The Morgan fingerprint density at radius 1 is 1.38 bits per heavy atom. The van der Waals surface area contributed by atoms with Crippen molar-refractivity contribution in [3.05, 3.63) is 34.9 Å². The number of nitrogens with zero attached hydrogens (tertiary/aromatic N) is 1. The van der Waals surface area contributed by atoms with Crippen molar-refractivity contribution in [1.29, 1.82) is 0 Å². The van der Waals surface area contributed by atoms with Crippen LogP contribution in [0.3, 0.4) is 0 Å². The van der Waals surface area contributed by atoms with Gasteiger partial charge in [0.15, 0.2) is 0 Å². The van der Waals surface area contributed by atoms with E-state index in [9.17, 15) is 13.2 Å². The molecule has 2 aliphatic rings. The molecule has 0 unspecified atom stereocenters. The van der Waals surface area contributed by atoms with Gasteiger partial charge in [0.2, 0.25) is 10.0 Å². The van der Waals surface area contributed by atoms with Crippen LogP contribution in [-0.4, -0.2) is 44.1 Å². The Labute approximate surface area is 129 Å². The molecule has 21 heavy (non-hydrogen) atoms. The van der Waals surface area contributed by atoms with E-state index < -0.39 is 10.0 Å². The van der Waals surface area contributed by atoms with Gasteiger partial charge in [0.05, 0.1) is 6.26 Å². The van der Waals surface area contributed by atoms with Crippen LogP contribution in [-0.2, 0) is 10.0 Å². The van der Waals surface area contributed by atoms with Gasteiger partial charge in [-0.1, -0.05) is 17.7 Å². The lowest BCUT2D eigenvalue weighted by molar-refractivity contribution is 0.0691. The van der Waals surface area contributed by atoms with Crippen LogP contribution in [0.15, 0.2) is 24.3 Å². The highest BCUT2D eigenvalue weighted by atomic mass is 35.5. The van der Waals surface area contributed by atoms with Gasteiger partial charge in [0, 0.05) is 29.2 Å². The molecule has 1 aromatic rings. The van der Waals surface area contributed by atoms with Gasteiger partial charge < -0.3 is 4.90 Å². The minimum atomic E-state index is -3.20. The van der Waals surface area contributed by atoms with Crippen LogP contribution in [0, 0.1) is 5.92 Å². The van der Waals surface area contributed by atoms with Crippen molar-refractivity contribution < 1.29 is 13.2 Å². The number of hydrogen-bond donors (Lipinski definition) is 1. The molecule has 1 aliphatic heterocycles. The Hall–Kier alpha value is -1.11. The molecular formula is C14H17ClN2O3S.